The van der Waals surface area contributed by atoms with Crippen LogP contribution < -0.4 is 15.2 Å². The van der Waals surface area contributed by atoms with Crippen LogP contribution in [0.4, 0.5) is 5.69 Å². The highest BCUT2D eigenvalue weighted by atomic mass is 79.9. The van der Waals surface area contributed by atoms with Crippen LogP contribution in [0.25, 0.3) is 0 Å². The van der Waals surface area contributed by atoms with Crippen LogP contribution in [-0.2, 0) is 0 Å². The van der Waals surface area contributed by atoms with E-state index < -0.39 is 0 Å². The van der Waals surface area contributed by atoms with E-state index in [1.165, 1.54) is 7.11 Å². The Bertz CT molecular complexity index is 656. The Balaban J connectivity index is 2.51. The average molecular weight is 336 g/mol. The molecule has 2 rings (SSSR count). The standard InChI is InChI=1S/C15H14BrNO3/c1-19-10-4-6-14(20-2)12(8-10)15(18)11-5-3-9(16)7-13(11)17/h3-8H,17H2,1-2H3. The molecule has 0 radical (unpaired) electrons. The molecule has 0 aliphatic heterocycles. The molecule has 4 nitrogen and oxygen atoms in total. The zero-order valence-corrected chi connectivity index (χ0v) is 12.7. The maximum atomic E-state index is 12.6. The minimum Gasteiger partial charge on any atom is -0.497 e. The van der Waals surface area contributed by atoms with Gasteiger partial charge in [0.25, 0.3) is 0 Å². The van der Waals surface area contributed by atoms with Gasteiger partial charge in [0.15, 0.2) is 5.78 Å². The summed E-state index contributed by atoms with van der Waals surface area (Å²) >= 11 is 3.32. The van der Waals surface area contributed by atoms with Crippen molar-refractivity contribution in [3.63, 3.8) is 0 Å². The summed E-state index contributed by atoms with van der Waals surface area (Å²) in [6, 6.07) is 10.2. The molecule has 0 atom stereocenters. The van der Waals surface area contributed by atoms with E-state index in [4.69, 9.17) is 15.2 Å². The summed E-state index contributed by atoms with van der Waals surface area (Å²) in [6.45, 7) is 0. The quantitative estimate of drug-likeness (QED) is 0.688. The molecule has 0 unspecified atom stereocenters. The van der Waals surface area contributed by atoms with E-state index in [0.717, 1.165) is 4.47 Å². The minimum absolute atomic E-state index is 0.203. The zero-order valence-electron chi connectivity index (χ0n) is 11.1. The number of methoxy groups -OCH3 is 2. The van der Waals surface area contributed by atoms with Crippen molar-refractivity contribution in [1.82, 2.24) is 0 Å². The normalized spacial score (nSPS) is 10.2. The maximum absolute atomic E-state index is 12.6. The van der Waals surface area contributed by atoms with Crippen LogP contribution in [0.15, 0.2) is 40.9 Å². The molecule has 2 N–H and O–H groups in total. The van der Waals surface area contributed by atoms with Crippen molar-refractivity contribution in [2.45, 2.75) is 0 Å². The topological polar surface area (TPSA) is 61.5 Å². The molecule has 0 bridgehead atoms. The van der Waals surface area contributed by atoms with Gasteiger partial charge in [0.2, 0.25) is 0 Å². The fourth-order valence-electron chi connectivity index (χ4n) is 1.88. The Morgan fingerprint density at radius 1 is 1.05 bits per heavy atom. The van der Waals surface area contributed by atoms with Crippen molar-refractivity contribution in [2.75, 3.05) is 20.0 Å². The summed E-state index contributed by atoms with van der Waals surface area (Å²) in [5.41, 5.74) is 7.16. The number of nitrogens with two attached hydrogens (primary N) is 1. The molecular weight excluding hydrogens is 322 g/mol. The van der Waals surface area contributed by atoms with Crippen molar-refractivity contribution >= 4 is 27.4 Å². The van der Waals surface area contributed by atoms with Crippen molar-refractivity contribution in [2.24, 2.45) is 0 Å². The summed E-state index contributed by atoms with van der Waals surface area (Å²) in [5, 5.41) is 0. The van der Waals surface area contributed by atoms with Gasteiger partial charge in [-0.2, -0.15) is 0 Å². The fourth-order valence-corrected chi connectivity index (χ4v) is 2.26. The third-order valence-corrected chi connectivity index (χ3v) is 3.40. The summed E-state index contributed by atoms with van der Waals surface area (Å²) in [5.74, 6) is 0.869. The maximum Gasteiger partial charge on any atom is 0.198 e. The number of hydrogen-bond donors (Lipinski definition) is 1. The van der Waals surface area contributed by atoms with Crippen molar-refractivity contribution in [1.29, 1.82) is 0 Å². The smallest absolute Gasteiger partial charge is 0.198 e. The summed E-state index contributed by atoms with van der Waals surface area (Å²) < 4.78 is 11.2. The Kier molecular flexibility index (Phi) is 4.29. The predicted octanol–water partition coefficient (Wildman–Crippen LogP) is 3.28. The second kappa shape index (κ2) is 5.96. The molecule has 2 aromatic rings. The van der Waals surface area contributed by atoms with Crippen LogP contribution in [0.3, 0.4) is 0 Å². The number of halogens is 1. The van der Waals surface area contributed by atoms with Crippen LogP contribution in [0.5, 0.6) is 11.5 Å². The van der Waals surface area contributed by atoms with E-state index in [0.29, 0.717) is 28.3 Å². The SMILES string of the molecule is COc1ccc(OC)c(C(=O)c2ccc(Br)cc2N)c1. The molecule has 0 amide bonds. The first kappa shape index (κ1) is 14.4. The Morgan fingerprint density at radius 3 is 2.40 bits per heavy atom. The monoisotopic (exact) mass is 335 g/mol. The van der Waals surface area contributed by atoms with Crippen LogP contribution >= 0.6 is 15.9 Å². The van der Waals surface area contributed by atoms with Gasteiger partial charge < -0.3 is 15.2 Å². The Morgan fingerprint density at radius 2 is 1.80 bits per heavy atom. The van der Waals surface area contributed by atoms with Gasteiger partial charge in [0.05, 0.1) is 19.8 Å². The molecule has 0 aliphatic rings. The van der Waals surface area contributed by atoms with Crippen molar-refractivity contribution in [3.8, 4) is 11.5 Å². The molecule has 20 heavy (non-hydrogen) atoms. The van der Waals surface area contributed by atoms with Gasteiger partial charge >= 0.3 is 0 Å². The van der Waals surface area contributed by atoms with E-state index in [1.807, 2.05) is 0 Å². The number of ketones is 1. The van der Waals surface area contributed by atoms with Crippen molar-refractivity contribution in [3.05, 3.63) is 52.0 Å². The Labute approximate surface area is 125 Å². The second-order valence-electron chi connectivity index (χ2n) is 4.13. The number of carbonyl (C=O) groups excluding carboxylic acids is 1. The fraction of sp³-hybridized carbons (Fsp3) is 0.133. The lowest BCUT2D eigenvalue weighted by Gasteiger charge is -2.11. The van der Waals surface area contributed by atoms with Gasteiger partial charge in [-0.15, -0.1) is 0 Å². The van der Waals surface area contributed by atoms with Gasteiger partial charge in [-0.3, -0.25) is 4.79 Å². The van der Waals surface area contributed by atoms with E-state index >= 15 is 0 Å². The molecule has 0 saturated heterocycles. The summed E-state index contributed by atoms with van der Waals surface area (Å²) in [7, 11) is 3.06. The number of anilines is 1. The van der Waals surface area contributed by atoms with Gasteiger partial charge in [-0.25, -0.2) is 0 Å². The third-order valence-electron chi connectivity index (χ3n) is 2.91. The molecule has 0 aromatic heterocycles. The first-order valence-electron chi connectivity index (χ1n) is 5.88. The van der Waals surface area contributed by atoms with Crippen LogP contribution in [0.2, 0.25) is 0 Å². The van der Waals surface area contributed by atoms with Gasteiger partial charge in [-0.05, 0) is 36.4 Å². The van der Waals surface area contributed by atoms with Gasteiger partial charge in [0.1, 0.15) is 11.5 Å². The molecule has 0 aliphatic carbocycles. The van der Waals surface area contributed by atoms with E-state index in [9.17, 15) is 4.79 Å². The van der Waals surface area contributed by atoms with Gasteiger partial charge in [-0.1, -0.05) is 15.9 Å². The number of ether oxygens (including phenoxy) is 2. The number of carbonyl (C=O) groups is 1. The molecule has 104 valence electrons. The molecule has 2 aromatic carbocycles. The second-order valence-corrected chi connectivity index (χ2v) is 5.04. The molecule has 0 saturated carbocycles. The lowest BCUT2D eigenvalue weighted by Crippen LogP contribution is -2.07. The molecule has 5 heteroatoms. The van der Waals surface area contributed by atoms with E-state index in [-0.39, 0.29) is 5.78 Å². The molecular formula is C15H14BrNO3. The van der Waals surface area contributed by atoms with Crippen molar-refractivity contribution < 1.29 is 14.3 Å². The van der Waals surface area contributed by atoms with Crippen LogP contribution in [0.1, 0.15) is 15.9 Å². The lowest BCUT2D eigenvalue weighted by molar-refractivity contribution is 0.103. The third kappa shape index (κ3) is 2.77. The van der Waals surface area contributed by atoms with E-state index in [1.54, 1.807) is 43.5 Å². The minimum atomic E-state index is -0.203. The highest BCUT2D eigenvalue weighted by Gasteiger charge is 2.18. The van der Waals surface area contributed by atoms with Crippen LogP contribution in [0, 0.1) is 0 Å². The average Bonchev–Trinajstić information content (AvgIpc) is 2.46. The zero-order chi connectivity index (χ0) is 14.7. The number of nitrogen functional groups attached to an aromatic ring is 1. The lowest BCUT2D eigenvalue weighted by atomic mass is 10.0. The number of hydrogen-bond acceptors (Lipinski definition) is 4. The molecule has 0 fully saturated rings. The first-order chi connectivity index (χ1) is 9.56. The molecule has 0 heterocycles. The van der Waals surface area contributed by atoms with Gasteiger partial charge in [0, 0.05) is 15.7 Å². The highest BCUT2D eigenvalue weighted by molar-refractivity contribution is 9.10. The van der Waals surface area contributed by atoms with Crippen LogP contribution in [-0.4, -0.2) is 20.0 Å². The summed E-state index contributed by atoms with van der Waals surface area (Å²) in [6.07, 6.45) is 0. The first-order valence-corrected chi connectivity index (χ1v) is 6.68. The highest BCUT2D eigenvalue weighted by Crippen LogP contribution is 2.29. The largest absolute Gasteiger partial charge is 0.497 e. The number of benzene rings is 2. The summed E-state index contributed by atoms with van der Waals surface area (Å²) in [4.78, 5) is 12.6. The number of rotatable bonds is 4. The van der Waals surface area contributed by atoms with E-state index in [2.05, 4.69) is 15.9 Å². The Hall–Kier alpha value is -2.01. The predicted molar refractivity (Wildman–Crippen MR) is 81.5 cm³/mol. The molecule has 0 spiro atoms.